The Hall–Kier alpha value is -3.26. The van der Waals surface area contributed by atoms with Crippen molar-refractivity contribution in [3.63, 3.8) is 0 Å². The maximum Gasteiger partial charge on any atom is 0.221 e. The minimum Gasteiger partial charge on any atom is -0.497 e. The van der Waals surface area contributed by atoms with Gasteiger partial charge in [0.25, 0.3) is 0 Å². The Bertz CT molecular complexity index is 925. The number of hydrogen-bond donors (Lipinski definition) is 1. The van der Waals surface area contributed by atoms with Gasteiger partial charge >= 0.3 is 0 Å². The van der Waals surface area contributed by atoms with Crippen molar-refractivity contribution in [2.24, 2.45) is 0 Å². The van der Waals surface area contributed by atoms with Crippen LogP contribution in [0.25, 0.3) is 11.1 Å². The number of rotatable bonds is 4. The summed E-state index contributed by atoms with van der Waals surface area (Å²) in [5.41, 5.74) is 5.19. The number of ether oxygens (including phenoxy) is 1. The molecule has 26 heavy (non-hydrogen) atoms. The summed E-state index contributed by atoms with van der Waals surface area (Å²) < 4.78 is 5.34. The van der Waals surface area contributed by atoms with E-state index in [1.165, 1.54) is 6.92 Å². The van der Waals surface area contributed by atoms with E-state index in [0.717, 1.165) is 40.4 Å². The molecule has 0 fully saturated rings. The molecular formula is C21H21N3O2. The molecular weight excluding hydrogens is 326 g/mol. The second-order valence-electron chi connectivity index (χ2n) is 6.12. The third-order valence-corrected chi connectivity index (χ3v) is 4.49. The number of carbonyl (C=O) groups is 1. The number of anilines is 2. The number of fused-ring (bicyclic) bond motifs is 1. The Morgan fingerprint density at radius 2 is 2.12 bits per heavy atom. The highest BCUT2D eigenvalue weighted by Gasteiger charge is 2.25. The van der Waals surface area contributed by atoms with Gasteiger partial charge in [0.15, 0.2) is 0 Å². The van der Waals surface area contributed by atoms with E-state index < -0.39 is 0 Å². The molecule has 5 heteroatoms. The normalized spacial score (nSPS) is 13.1. The highest BCUT2D eigenvalue weighted by Crippen LogP contribution is 2.40. The van der Waals surface area contributed by atoms with Crippen LogP contribution in [0.5, 0.6) is 5.75 Å². The summed E-state index contributed by atoms with van der Waals surface area (Å²) in [4.78, 5) is 13.6. The fraction of sp³-hybridized carbons (Fsp3) is 0.238. The zero-order valence-electron chi connectivity index (χ0n) is 15.2. The summed E-state index contributed by atoms with van der Waals surface area (Å²) in [5, 5.41) is 12.6. The lowest BCUT2D eigenvalue weighted by Crippen LogP contribution is -2.29. The van der Waals surface area contributed by atoms with E-state index in [4.69, 9.17) is 4.74 Å². The third kappa shape index (κ3) is 3.27. The summed E-state index contributed by atoms with van der Waals surface area (Å²) in [7, 11) is 1.64. The Balaban J connectivity index is 2.15. The van der Waals surface area contributed by atoms with E-state index in [1.807, 2.05) is 42.5 Å². The topological polar surface area (TPSA) is 65.4 Å². The molecule has 1 N–H and O–H groups in total. The molecule has 0 aliphatic carbocycles. The van der Waals surface area contributed by atoms with Crippen LogP contribution in [0.3, 0.4) is 0 Å². The number of nitrogens with zero attached hydrogens (tertiary/aromatic N) is 2. The molecule has 1 aliphatic rings. The fourth-order valence-corrected chi connectivity index (χ4v) is 3.26. The summed E-state index contributed by atoms with van der Waals surface area (Å²) >= 11 is 0. The summed E-state index contributed by atoms with van der Waals surface area (Å²) in [5.74, 6) is 0.656. The second kappa shape index (κ2) is 7.32. The van der Waals surface area contributed by atoms with Gasteiger partial charge in [-0.15, -0.1) is 0 Å². The molecule has 0 radical (unpaired) electrons. The molecule has 3 rings (SSSR count). The molecule has 0 bridgehead atoms. The summed E-state index contributed by atoms with van der Waals surface area (Å²) in [6.07, 6.45) is 0. The average Bonchev–Trinajstić information content (AvgIpc) is 2.65. The van der Waals surface area contributed by atoms with E-state index in [2.05, 4.69) is 23.2 Å². The molecule has 1 amide bonds. The van der Waals surface area contributed by atoms with Gasteiger partial charge in [-0.2, -0.15) is 5.26 Å². The molecule has 132 valence electrons. The monoisotopic (exact) mass is 347 g/mol. The number of nitriles is 1. The summed E-state index contributed by atoms with van der Waals surface area (Å²) in [6.45, 7) is 5.01. The number of carbonyl (C=O) groups excluding carboxylic acids is 1. The van der Waals surface area contributed by atoms with Crippen LogP contribution in [0.1, 0.15) is 25.0 Å². The molecule has 0 unspecified atom stereocenters. The molecule has 2 aromatic carbocycles. The first-order valence-electron chi connectivity index (χ1n) is 8.52. The Morgan fingerprint density at radius 3 is 2.77 bits per heavy atom. The van der Waals surface area contributed by atoms with Gasteiger partial charge in [-0.3, -0.25) is 4.79 Å². The Kier molecular flexibility index (Phi) is 4.94. The van der Waals surface area contributed by atoms with Crippen molar-refractivity contribution < 1.29 is 9.53 Å². The molecule has 0 saturated carbocycles. The largest absolute Gasteiger partial charge is 0.497 e. The van der Waals surface area contributed by atoms with Crippen LogP contribution in [-0.4, -0.2) is 26.1 Å². The van der Waals surface area contributed by atoms with Gasteiger partial charge < -0.3 is 15.0 Å². The predicted octanol–water partition coefficient (Wildman–Crippen LogP) is 3.93. The molecule has 2 aromatic rings. The van der Waals surface area contributed by atoms with Crippen LogP contribution in [0.4, 0.5) is 11.4 Å². The maximum absolute atomic E-state index is 11.3. The van der Waals surface area contributed by atoms with Crippen molar-refractivity contribution in [1.82, 2.24) is 0 Å². The highest BCUT2D eigenvalue weighted by atomic mass is 16.5. The van der Waals surface area contributed by atoms with E-state index in [-0.39, 0.29) is 5.91 Å². The van der Waals surface area contributed by atoms with E-state index in [1.54, 1.807) is 7.11 Å². The first kappa shape index (κ1) is 17.6. The van der Waals surface area contributed by atoms with Gasteiger partial charge in [-0.05, 0) is 42.3 Å². The lowest BCUT2D eigenvalue weighted by Gasteiger charge is -2.32. The van der Waals surface area contributed by atoms with Crippen molar-refractivity contribution >= 4 is 28.4 Å². The molecule has 5 nitrogen and oxygen atoms in total. The van der Waals surface area contributed by atoms with Crippen molar-refractivity contribution in [3.05, 3.63) is 53.6 Å². The number of benzene rings is 2. The van der Waals surface area contributed by atoms with Crippen LogP contribution in [0.2, 0.25) is 0 Å². The second-order valence-corrected chi connectivity index (χ2v) is 6.12. The third-order valence-electron chi connectivity index (χ3n) is 4.49. The van der Waals surface area contributed by atoms with Crippen molar-refractivity contribution in [2.75, 3.05) is 30.4 Å². The summed E-state index contributed by atoms with van der Waals surface area (Å²) in [6, 6.07) is 15.8. The molecule has 1 aliphatic heterocycles. The first-order valence-corrected chi connectivity index (χ1v) is 8.52. The SMILES string of the molecule is CCN1CC(c2cccc(NC(C)=O)c2)=C(C#N)c2ccc(OC)cc21. The molecule has 0 spiro atoms. The minimum absolute atomic E-state index is 0.118. The van der Waals surface area contributed by atoms with Crippen LogP contribution < -0.4 is 15.0 Å². The number of methoxy groups -OCH3 is 1. The smallest absolute Gasteiger partial charge is 0.221 e. The number of amides is 1. The van der Waals surface area contributed by atoms with E-state index in [0.29, 0.717) is 12.1 Å². The predicted molar refractivity (Wildman–Crippen MR) is 104 cm³/mol. The molecule has 0 atom stereocenters. The molecule has 0 aromatic heterocycles. The Morgan fingerprint density at radius 1 is 1.31 bits per heavy atom. The highest BCUT2D eigenvalue weighted by molar-refractivity contribution is 6.04. The molecule has 0 saturated heterocycles. The zero-order valence-corrected chi connectivity index (χ0v) is 15.2. The fourth-order valence-electron chi connectivity index (χ4n) is 3.26. The van der Waals surface area contributed by atoms with Crippen LogP contribution in [-0.2, 0) is 4.79 Å². The van der Waals surface area contributed by atoms with Gasteiger partial charge in [-0.1, -0.05) is 12.1 Å². The number of allylic oxidation sites excluding steroid dienone is 1. The number of likely N-dealkylation sites (N-methyl/N-ethyl adjacent to an activating group) is 1. The quantitative estimate of drug-likeness (QED) is 0.910. The van der Waals surface area contributed by atoms with Gasteiger partial charge in [-0.25, -0.2) is 0 Å². The van der Waals surface area contributed by atoms with Crippen LogP contribution in [0, 0.1) is 11.3 Å². The van der Waals surface area contributed by atoms with Crippen molar-refractivity contribution in [2.45, 2.75) is 13.8 Å². The van der Waals surface area contributed by atoms with Gasteiger partial charge in [0.1, 0.15) is 11.8 Å². The van der Waals surface area contributed by atoms with Gasteiger partial charge in [0.05, 0.1) is 12.7 Å². The first-order chi connectivity index (χ1) is 12.6. The van der Waals surface area contributed by atoms with Gasteiger partial charge in [0.2, 0.25) is 5.91 Å². The van der Waals surface area contributed by atoms with E-state index >= 15 is 0 Å². The molecule has 1 heterocycles. The number of nitrogens with one attached hydrogen (secondary N) is 1. The van der Waals surface area contributed by atoms with E-state index in [9.17, 15) is 10.1 Å². The lowest BCUT2D eigenvalue weighted by atomic mass is 9.90. The van der Waals surface area contributed by atoms with Crippen LogP contribution >= 0.6 is 0 Å². The van der Waals surface area contributed by atoms with Crippen LogP contribution in [0.15, 0.2) is 42.5 Å². The minimum atomic E-state index is -0.118. The zero-order chi connectivity index (χ0) is 18.7. The standard InChI is InChI=1S/C21H21N3O2/c1-4-24-13-20(15-6-5-7-16(10-15)23-14(2)25)19(12-22)18-9-8-17(26-3)11-21(18)24/h5-11H,4,13H2,1-3H3,(H,23,25). The van der Waals surface area contributed by atoms with Crippen molar-refractivity contribution in [1.29, 1.82) is 5.26 Å². The maximum atomic E-state index is 11.3. The Labute approximate surface area is 153 Å². The van der Waals surface area contributed by atoms with Crippen molar-refractivity contribution in [3.8, 4) is 11.8 Å². The number of hydrogen-bond acceptors (Lipinski definition) is 4. The lowest BCUT2D eigenvalue weighted by molar-refractivity contribution is -0.114. The average molecular weight is 347 g/mol. The van der Waals surface area contributed by atoms with Gasteiger partial charge in [0, 0.05) is 43.0 Å².